The first-order chi connectivity index (χ1) is 6.85. The Kier molecular flexibility index (Phi) is 2.89. The first-order valence-electron chi connectivity index (χ1n) is 3.77. The zero-order valence-corrected chi connectivity index (χ0v) is 7.38. The summed E-state index contributed by atoms with van der Waals surface area (Å²) in [6, 6.07) is 0. The van der Waals surface area contributed by atoms with Crippen LogP contribution < -0.4 is 16.2 Å². The van der Waals surface area contributed by atoms with Gasteiger partial charge in [-0.05, 0) is 0 Å². The van der Waals surface area contributed by atoms with Gasteiger partial charge in [0.1, 0.15) is 0 Å². The molecule has 0 saturated heterocycles. The standard InChI is InChI=1S/C7H8F3N3O2/c8-7(9,10)15-6-3(12)2-13-4(1-11)5(6)14/h2,14H,1,11-12H2. The Morgan fingerprint density at radius 3 is 2.53 bits per heavy atom. The van der Waals surface area contributed by atoms with E-state index in [-0.39, 0.29) is 12.2 Å². The first kappa shape index (κ1) is 11.4. The van der Waals surface area contributed by atoms with E-state index in [0.717, 1.165) is 6.20 Å². The lowest BCUT2D eigenvalue weighted by Crippen LogP contribution is -2.18. The number of nitrogen functional groups attached to an aromatic ring is 1. The maximum Gasteiger partial charge on any atom is 0.573 e. The summed E-state index contributed by atoms with van der Waals surface area (Å²) in [7, 11) is 0. The molecule has 0 spiro atoms. The molecule has 8 heteroatoms. The van der Waals surface area contributed by atoms with Crippen molar-refractivity contribution in [2.24, 2.45) is 5.73 Å². The molecule has 1 aromatic heterocycles. The molecule has 1 rings (SSSR count). The maximum atomic E-state index is 11.9. The Morgan fingerprint density at radius 2 is 2.07 bits per heavy atom. The highest BCUT2D eigenvalue weighted by Crippen LogP contribution is 2.37. The van der Waals surface area contributed by atoms with Gasteiger partial charge in [0.05, 0.1) is 17.6 Å². The molecule has 1 aromatic rings. The van der Waals surface area contributed by atoms with Crippen LogP contribution in [0.1, 0.15) is 5.69 Å². The molecule has 0 aliphatic heterocycles. The van der Waals surface area contributed by atoms with Gasteiger partial charge >= 0.3 is 6.36 Å². The maximum absolute atomic E-state index is 11.9. The van der Waals surface area contributed by atoms with Crippen molar-refractivity contribution in [2.75, 3.05) is 5.73 Å². The second-order valence-electron chi connectivity index (χ2n) is 2.59. The molecule has 0 aliphatic rings. The van der Waals surface area contributed by atoms with E-state index in [1.165, 1.54) is 0 Å². The van der Waals surface area contributed by atoms with E-state index < -0.39 is 23.5 Å². The van der Waals surface area contributed by atoms with Crippen LogP contribution in [0.15, 0.2) is 6.20 Å². The van der Waals surface area contributed by atoms with Crippen LogP contribution in [0.25, 0.3) is 0 Å². The third kappa shape index (κ3) is 2.62. The molecule has 0 atom stereocenters. The Hall–Kier alpha value is -1.70. The van der Waals surface area contributed by atoms with Crippen LogP contribution in [0.3, 0.4) is 0 Å². The second-order valence-corrected chi connectivity index (χ2v) is 2.59. The molecule has 0 fully saturated rings. The molecular formula is C7H8F3N3O2. The Balaban J connectivity index is 3.15. The molecule has 5 nitrogen and oxygen atoms in total. The number of rotatable bonds is 2. The van der Waals surface area contributed by atoms with Gasteiger partial charge < -0.3 is 21.3 Å². The largest absolute Gasteiger partial charge is 0.573 e. The van der Waals surface area contributed by atoms with Crippen molar-refractivity contribution in [2.45, 2.75) is 12.9 Å². The van der Waals surface area contributed by atoms with E-state index in [1.807, 2.05) is 0 Å². The van der Waals surface area contributed by atoms with Crippen molar-refractivity contribution in [3.05, 3.63) is 11.9 Å². The number of halogens is 3. The summed E-state index contributed by atoms with van der Waals surface area (Å²) in [6.07, 6.45) is -4.00. The minimum absolute atomic E-state index is 0.122. The minimum atomic E-state index is -4.93. The van der Waals surface area contributed by atoms with Gasteiger partial charge in [0.15, 0.2) is 11.5 Å². The number of nitrogens with zero attached hydrogens (tertiary/aromatic N) is 1. The second kappa shape index (κ2) is 3.81. The van der Waals surface area contributed by atoms with Gasteiger partial charge in [0.25, 0.3) is 0 Å². The molecular weight excluding hydrogens is 215 g/mol. The highest BCUT2D eigenvalue weighted by Gasteiger charge is 2.34. The van der Waals surface area contributed by atoms with Crippen LogP contribution in [-0.4, -0.2) is 16.5 Å². The third-order valence-corrected chi connectivity index (χ3v) is 1.52. The summed E-state index contributed by atoms with van der Waals surface area (Å²) in [5.74, 6) is -1.67. The summed E-state index contributed by atoms with van der Waals surface area (Å²) in [4.78, 5) is 3.54. The molecule has 5 N–H and O–H groups in total. The number of ether oxygens (including phenoxy) is 1. The monoisotopic (exact) mass is 223 g/mol. The molecule has 0 aromatic carbocycles. The quantitative estimate of drug-likeness (QED) is 0.686. The Bertz CT molecular complexity index is 367. The summed E-state index contributed by atoms with van der Waals surface area (Å²) in [5.41, 5.74) is 9.76. The van der Waals surface area contributed by atoms with Gasteiger partial charge in [0.2, 0.25) is 0 Å². The topological polar surface area (TPSA) is 94.4 Å². The number of pyridine rings is 1. The van der Waals surface area contributed by atoms with E-state index in [0.29, 0.717) is 0 Å². The van der Waals surface area contributed by atoms with Gasteiger partial charge in [-0.3, -0.25) is 4.98 Å². The van der Waals surface area contributed by atoms with Gasteiger partial charge in [-0.25, -0.2) is 0 Å². The molecule has 0 saturated carbocycles. The van der Waals surface area contributed by atoms with Crippen LogP contribution >= 0.6 is 0 Å². The number of aromatic hydroxyl groups is 1. The molecule has 84 valence electrons. The van der Waals surface area contributed by atoms with Gasteiger partial charge in [0, 0.05) is 6.54 Å². The molecule has 0 aliphatic carbocycles. The fourth-order valence-corrected chi connectivity index (χ4v) is 0.907. The molecule has 0 bridgehead atoms. The zero-order valence-electron chi connectivity index (χ0n) is 7.38. The van der Waals surface area contributed by atoms with Crippen molar-refractivity contribution in [3.8, 4) is 11.5 Å². The molecule has 1 heterocycles. The zero-order chi connectivity index (χ0) is 11.6. The number of hydrogen-bond donors (Lipinski definition) is 3. The van der Waals surface area contributed by atoms with Crippen molar-refractivity contribution in [3.63, 3.8) is 0 Å². The number of alkyl halides is 3. The predicted molar refractivity (Wildman–Crippen MR) is 44.9 cm³/mol. The van der Waals surface area contributed by atoms with E-state index in [1.54, 1.807) is 0 Å². The highest BCUT2D eigenvalue weighted by molar-refractivity contribution is 5.59. The first-order valence-corrected chi connectivity index (χ1v) is 3.77. The molecule has 0 amide bonds. The summed E-state index contributed by atoms with van der Waals surface area (Å²) in [6.45, 7) is -0.222. The van der Waals surface area contributed by atoms with E-state index in [4.69, 9.17) is 11.5 Å². The van der Waals surface area contributed by atoms with Gasteiger partial charge in [-0.15, -0.1) is 13.2 Å². The highest BCUT2D eigenvalue weighted by atomic mass is 19.4. The van der Waals surface area contributed by atoms with E-state index >= 15 is 0 Å². The van der Waals surface area contributed by atoms with Crippen LogP contribution in [-0.2, 0) is 6.54 Å². The third-order valence-electron chi connectivity index (χ3n) is 1.52. The van der Waals surface area contributed by atoms with Crippen molar-refractivity contribution >= 4 is 5.69 Å². The number of hydrogen-bond acceptors (Lipinski definition) is 5. The summed E-state index contributed by atoms with van der Waals surface area (Å²) in [5, 5.41) is 9.29. The Labute approximate surface area is 82.5 Å². The fraction of sp³-hybridized carbons (Fsp3) is 0.286. The van der Waals surface area contributed by atoms with Crippen LogP contribution in [0.2, 0.25) is 0 Å². The molecule has 0 unspecified atom stereocenters. The lowest BCUT2D eigenvalue weighted by Gasteiger charge is -2.13. The van der Waals surface area contributed by atoms with Crippen LogP contribution in [0, 0.1) is 0 Å². The van der Waals surface area contributed by atoms with Gasteiger partial charge in [-0.2, -0.15) is 0 Å². The van der Waals surface area contributed by atoms with Crippen molar-refractivity contribution in [1.29, 1.82) is 0 Å². The van der Waals surface area contributed by atoms with E-state index in [9.17, 15) is 18.3 Å². The molecule has 15 heavy (non-hydrogen) atoms. The van der Waals surface area contributed by atoms with E-state index in [2.05, 4.69) is 9.72 Å². The smallest absolute Gasteiger partial charge is 0.503 e. The van der Waals surface area contributed by atoms with Crippen LogP contribution in [0.5, 0.6) is 11.5 Å². The normalized spacial score (nSPS) is 11.5. The fourth-order valence-electron chi connectivity index (χ4n) is 0.907. The number of nitrogens with two attached hydrogens (primary N) is 2. The minimum Gasteiger partial charge on any atom is -0.503 e. The van der Waals surface area contributed by atoms with Crippen molar-refractivity contribution < 1.29 is 23.0 Å². The van der Waals surface area contributed by atoms with Gasteiger partial charge in [-0.1, -0.05) is 0 Å². The number of anilines is 1. The Morgan fingerprint density at radius 1 is 1.47 bits per heavy atom. The van der Waals surface area contributed by atoms with Crippen LogP contribution in [0.4, 0.5) is 18.9 Å². The number of aromatic nitrogens is 1. The van der Waals surface area contributed by atoms with Crippen molar-refractivity contribution in [1.82, 2.24) is 4.98 Å². The predicted octanol–water partition coefficient (Wildman–Crippen LogP) is 0.727. The average Bonchev–Trinajstić information content (AvgIpc) is 2.11. The lowest BCUT2D eigenvalue weighted by molar-refractivity contribution is -0.274. The SMILES string of the molecule is NCc1ncc(N)c(OC(F)(F)F)c1O. The average molecular weight is 223 g/mol. The molecule has 0 radical (unpaired) electrons. The summed E-state index contributed by atoms with van der Waals surface area (Å²) < 4.78 is 39.2. The summed E-state index contributed by atoms with van der Waals surface area (Å²) >= 11 is 0. The lowest BCUT2D eigenvalue weighted by atomic mass is 10.3.